The fourth-order valence-corrected chi connectivity index (χ4v) is 2.21. The quantitative estimate of drug-likeness (QED) is 0.803. The van der Waals surface area contributed by atoms with E-state index < -0.39 is 11.7 Å². The average molecular weight is 281 g/mol. The van der Waals surface area contributed by atoms with E-state index in [9.17, 15) is 9.18 Å². The van der Waals surface area contributed by atoms with E-state index in [-0.39, 0.29) is 11.7 Å². The van der Waals surface area contributed by atoms with Gasteiger partial charge in [0, 0.05) is 25.3 Å². The van der Waals surface area contributed by atoms with Crippen LogP contribution in [0.5, 0.6) is 0 Å². The van der Waals surface area contributed by atoms with E-state index in [0.29, 0.717) is 18.8 Å². The minimum Gasteiger partial charge on any atom is -0.399 e. The van der Waals surface area contributed by atoms with Gasteiger partial charge in [0.15, 0.2) is 0 Å². The third-order valence-corrected chi connectivity index (χ3v) is 3.40. The van der Waals surface area contributed by atoms with Crippen LogP contribution in [0, 0.1) is 5.82 Å². The van der Waals surface area contributed by atoms with Crippen LogP contribution in [-0.2, 0) is 4.74 Å². The van der Waals surface area contributed by atoms with Crippen molar-refractivity contribution in [1.82, 2.24) is 10.2 Å². The molecule has 6 heteroatoms. The molecule has 20 heavy (non-hydrogen) atoms. The van der Waals surface area contributed by atoms with E-state index in [0.717, 1.165) is 25.7 Å². The van der Waals surface area contributed by atoms with E-state index in [2.05, 4.69) is 17.1 Å². The number of anilines is 1. The normalized spacial score (nSPS) is 19.8. The van der Waals surface area contributed by atoms with Gasteiger partial charge in [-0.05, 0) is 24.7 Å². The molecule has 0 saturated carbocycles. The van der Waals surface area contributed by atoms with Gasteiger partial charge in [0.2, 0.25) is 0 Å². The monoisotopic (exact) mass is 281 g/mol. The molecule has 0 radical (unpaired) electrons. The van der Waals surface area contributed by atoms with Crippen molar-refractivity contribution in [3.8, 4) is 0 Å². The molecule has 1 atom stereocenters. The van der Waals surface area contributed by atoms with Crippen LogP contribution in [0.3, 0.4) is 0 Å². The number of amides is 1. The lowest BCUT2D eigenvalue weighted by Crippen LogP contribution is -2.47. The lowest BCUT2D eigenvalue weighted by atomic mass is 10.1. The molecule has 1 unspecified atom stereocenters. The predicted octanol–water partition coefficient (Wildman–Crippen LogP) is 0.858. The van der Waals surface area contributed by atoms with Gasteiger partial charge < -0.3 is 15.8 Å². The Kier molecular flexibility index (Phi) is 4.92. The number of nitrogens with two attached hydrogens (primary N) is 1. The van der Waals surface area contributed by atoms with E-state index in [4.69, 9.17) is 10.5 Å². The summed E-state index contributed by atoms with van der Waals surface area (Å²) in [5.74, 6) is -1.05. The second kappa shape index (κ2) is 6.67. The van der Waals surface area contributed by atoms with Gasteiger partial charge in [-0.25, -0.2) is 4.39 Å². The number of nitrogen functional groups attached to an aromatic ring is 1. The Morgan fingerprint density at radius 2 is 2.40 bits per heavy atom. The van der Waals surface area contributed by atoms with Crippen molar-refractivity contribution in [3.63, 3.8) is 0 Å². The zero-order valence-electron chi connectivity index (χ0n) is 11.6. The van der Waals surface area contributed by atoms with Crippen LogP contribution in [-0.4, -0.2) is 49.7 Å². The molecule has 0 bridgehead atoms. The molecule has 1 aliphatic heterocycles. The summed E-state index contributed by atoms with van der Waals surface area (Å²) in [6.45, 7) is 5.77. The molecule has 1 amide bonds. The minimum atomic E-state index is -0.609. The average Bonchev–Trinajstić information content (AvgIpc) is 2.45. The number of nitrogens with zero attached hydrogens (tertiary/aromatic N) is 1. The Bertz CT molecular complexity index is 481. The molecule has 110 valence electrons. The highest BCUT2D eigenvalue weighted by Crippen LogP contribution is 2.12. The number of hydrogen-bond donors (Lipinski definition) is 2. The van der Waals surface area contributed by atoms with E-state index in [1.807, 2.05) is 0 Å². The summed E-state index contributed by atoms with van der Waals surface area (Å²) in [5, 5.41) is 2.70. The Labute approximate surface area is 117 Å². The second-order valence-electron chi connectivity index (χ2n) is 4.84. The third kappa shape index (κ3) is 3.68. The zero-order valence-corrected chi connectivity index (χ0v) is 11.6. The van der Waals surface area contributed by atoms with Crippen LogP contribution >= 0.6 is 0 Å². The second-order valence-corrected chi connectivity index (χ2v) is 4.84. The predicted molar refractivity (Wildman–Crippen MR) is 75.0 cm³/mol. The number of carbonyl (C=O) groups is 1. The molecule has 1 fully saturated rings. The van der Waals surface area contributed by atoms with Gasteiger partial charge in [-0.3, -0.25) is 9.69 Å². The highest BCUT2D eigenvalue weighted by molar-refractivity contribution is 5.94. The molecular weight excluding hydrogens is 261 g/mol. The lowest BCUT2D eigenvalue weighted by Gasteiger charge is -2.32. The fourth-order valence-electron chi connectivity index (χ4n) is 2.21. The summed E-state index contributed by atoms with van der Waals surface area (Å²) in [6.07, 6.45) is -0.0514. The lowest BCUT2D eigenvalue weighted by molar-refractivity contribution is -0.0246. The van der Waals surface area contributed by atoms with Crippen LogP contribution in [0.4, 0.5) is 10.1 Å². The maximum atomic E-state index is 13.6. The molecular formula is C14H20FN3O2. The molecule has 0 aromatic heterocycles. The number of hydrogen-bond acceptors (Lipinski definition) is 4. The summed E-state index contributed by atoms with van der Waals surface area (Å²) >= 11 is 0. The summed E-state index contributed by atoms with van der Waals surface area (Å²) < 4.78 is 19.2. The first kappa shape index (κ1) is 14.7. The molecule has 3 N–H and O–H groups in total. The number of halogens is 1. The molecule has 2 rings (SSSR count). The SMILES string of the molecule is CCN1CCOC(CNC(=O)c2ccc(N)cc2F)C1. The summed E-state index contributed by atoms with van der Waals surface area (Å²) in [5.41, 5.74) is 5.75. The summed E-state index contributed by atoms with van der Waals surface area (Å²) in [6, 6.07) is 4.04. The molecule has 1 saturated heterocycles. The molecule has 1 aromatic rings. The van der Waals surface area contributed by atoms with Gasteiger partial charge in [0.05, 0.1) is 18.3 Å². The van der Waals surface area contributed by atoms with E-state index in [1.54, 1.807) is 0 Å². The largest absolute Gasteiger partial charge is 0.399 e. The highest BCUT2D eigenvalue weighted by Gasteiger charge is 2.20. The smallest absolute Gasteiger partial charge is 0.254 e. The first-order valence-corrected chi connectivity index (χ1v) is 6.77. The Morgan fingerprint density at radius 1 is 1.60 bits per heavy atom. The van der Waals surface area contributed by atoms with Gasteiger partial charge in [-0.1, -0.05) is 6.92 Å². The number of nitrogens with one attached hydrogen (secondary N) is 1. The van der Waals surface area contributed by atoms with Crippen LogP contribution in [0.25, 0.3) is 0 Å². The molecule has 1 aromatic carbocycles. The number of likely N-dealkylation sites (N-methyl/N-ethyl adjacent to an activating group) is 1. The van der Waals surface area contributed by atoms with Gasteiger partial charge in [0.25, 0.3) is 5.91 Å². The summed E-state index contributed by atoms with van der Waals surface area (Å²) in [4.78, 5) is 14.2. The minimum absolute atomic E-state index is 0.00218. The van der Waals surface area contributed by atoms with E-state index in [1.165, 1.54) is 12.1 Å². The maximum Gasteiger partial charge on any atom is 0.254 e. The number of benzene rings is 1. The van der Waals surface area contributed by atoms with Crippen molar-refractivity contribution in [3.05, 3.63) is 29.6 Å². The molecule has 1 aliphatic rings. The first-order chi connectivity index (χ1) is 9.60. The fraction of sp³-hybridized carbons (Fsp3) is 0.500. The highest BCUT2D eigenvalue weighted by atomic mass is 19.1. The Balaban J connectivity index is 1.88. The van der Waals surface area contributed by atoms with Crippen LogP contribution < -0.4 is 11.1 Å². The Hall–Kier alpha value is -1.66. The Morgan fingerprint density at radius 3 is 3.10 bits per heavy atom. The van der Waals surface area contributed by atoms with Crippen molar-refractivity contribution < 1.29 is 13.9 Å². The van der Waals surface area contributed by atoms with Gasteiger partial charge in [-0.15, -0.1) is 0 Å². The van der Waals surface area contributed by atoms with Crippen LogP contribution in [0.15, 0.2) is 18.2 Å². The van der Waals surface area contributed by atoms with Gasteiger partial charge >= 0.3 is 0 Å². The first-order valence-electron chi connectivity index (χ1n) is 6.77. The van der Waals surface area contributed by atoms with E-state index >= 15 is 0 Å². The van der Waals surface area contributed by atoms with Gasteiger partial charge in [-0.2, -0.15) is 0 Å². The number of carbonyl (C=O) groups excluding carboxylic acids is 1. The van der Waals surface area contributed by atoms with Gasteiger partial charge in [0.1, 0.15) is 5.82 Å². The van der Waals surface area contributed by atoms with Crippen LogP contribution in [0.1, 0.15) is 17.3 Å². The summed E-state index contributed by atoms with van der Waals surface area (Å²) in [7, 11) is 0. The molecule has 0 aliphatic carbocycles. The topological polar surface area (TPSA) is 67.6 Å². The molecule has 0 spiro atoms. The number of ether oxygens (including phenoxy) is 1. The standard InChI is InChI=1S/C14H20FN3O2/c1-2-18-5-6-20-11(9-18)8-17-14(19)12-4-3-10(16)7-13(12)15/h3-4,7,11H,2,5-6,8-9,16H2,1H3,(H,17,19). The van der Waals surface area contributed by atoms with Crippen molar-refractivity contribution in [2.45, 2.75) is 13.0 Å². The number of morpholine rings is 1. The van der Waals surface area contributed by atoms with Crippen molar-refractivity contribution >= 4 is 11.6 Å². The zero-order chi connectivity index (χ0) is 14.5. The maximum absolute atomic E-state index is 13.6. The van der Waals surface area contributed by atoms with Crippen molar-refractivity contribution in [1.29, 1.82) is 0 Å². The number of rotatable bonds is 4. The van der Waals surface area contributed by atoms with Crippen LogP contribution in [0.2, 0.25) is 0 Å². The molecule has 5 nitrogen and oxygen atoms in total. The van der Waals surface area contributed by atoms with Crippen molar-refractivity contribution in [2.75, 3.05) is 38.5 Å². The third-order valence-electron chi connectivity index (χ3n) is 3.40. The van der Waals surface area contributed by atoms with Crippen molar-refractivity contribution in [2.24, 2.45) is 0 Å². The molecule has 1 heterocycles.